The lowest BCUT2D eigenvalue weighted by molar-refractivity contribution is 0.708. The largest absolute Gasteiger partial charge is 0.316 e. The average molecular weight is 225 g/mol. The maximum Gasteiger partial charge on any atom is 0.159 e. The molecule has 0 saturated carbocycles. The highest BCUT2D eigenvalue weighted by molar-refractivity contribution is 5.54. The van der Waals surface area contributed by atoms with Crippen LogP contribution in [-0.4, -0.2) is 23.1 Å². The Hall–Kier alpha value is -1.74. The highest BCUT2D eigenvalue weighted by atomic mass is 14.9. The van der Waals surface area contributed by atoms with Gasteiger partial charge in [-0.1, -0.05) is 30.3 Å². The maximum atomic E-state index is 4.69. The van der Waals surface area contributed by atoms with Gasteiger partial charge in [0, 0.05) is 30.4 Å². The van der Waals surface area contributed by atoms with Gasteiger partial charge in [-0.2, -0.15) is 0 Å². The molecule has 0 saturated heterocycles. The van der Waals surface area contributed by atoms with E-state index in [1.165, 1.54) is 11.3 Å². The maximum absolute atomic E-state index is 4.69. The normalized spacial score (nSPS) is 15.1. The molecular formula is C14H15N3. The fourth-order valence-corrected chi connectivity index (χ4v) is 2.15. The second-order valence-corrected chi connectivity index (χ2v) is 4.28. The number of hydrogen-bond donors (Lipinski definition) is 1. The minimum Gasteiger partial charge on any atom is -0.316 e. The van der Waals surface area contributed by atoms with Crippen LogP contribution in [0.5, 0.6) is 0 Å². The average Bonchev–Trinajstić information content (AvgIpc) is 2.64. The molecule has 2 heterocycles. The molecule has 3 heteroatoms. The van der Waals surface area contributed by atoms with Crippen LogP contribution in [0.4, 0.5) is 0 Å². The number of benzene rings is 1. The SMILES string of the molecule is c1ccc(-c2ncc3c(n2)CCNCC3)cc1. The van der Waals surface area contributed by atoms with E-state index in [9.17, 15) is 0 Å². The Kier molecular flexibility index (Phi) is 2.84. The van der Waals surface area contributed by atoms with E-state index in [1.54, 1.807) is 0 Å². The molecule has 0 radical (unpaired) electrons. The van der Waals surface area contributed by atoms with Gasteiger partial charge in [-0.25, -0.2) is 9.97 Å². The first-order valence-electron chi connectivity index (χ1n) is 6.04. The Bertz CT molecular complexity index is 508. The van der Waals surface area contributed by atoms with Crippen LogP contribution in [0.25, 0.3) is 11.4 Å². The van der Waals surface area contributed by atoms with E-state index >= 15 is 0 Å². The number of rotatable bonds is 1. The van der Waals surface area contributed by atoms with Crippen molar-refractivity contribution in [3.63, 3.8) is 0 Å². The number of fused-ring (bicyclic) bond motifs is 1. The van der Waals surface area contributed by atoms with Gasteiger partial charge in [0.1, 0.15) is 0 Å². The lowest BCUT2D eigenvalue weighted by Gasteiger charge is -2.06. The number of nitrogens with zero attached hydrogens (tertiary/aromatic N) is 2. The highest BCUT2D eigenvalue weighted by Gasteiger charge is 2.10. The van der Waals surface area contributed by atoms with E-state index in [0.717, 1.165) is 37.3 Å². The van der Waals surface area contributed by atoms with Crippen molar-refractivity contribution in [3.8, 4) is 11.4 Å². The second-order valence-electron chi connectivity index (χ2n) is 4.28. The van der Waals surface area contributed by atoms with Gasteiger partial charge >= 0.3 is 0 Å². The molecule has 0 spiro atoms. The van der Waals surface area contributed by atoms with Crippen molar-refractivity contribution < 1.29 is 0 Å². The lowest BCUT2D eigenvalue weighted by Crippen LogP contribution is -2.16. The van der Waals surface area contributed by atoms with Crippen LogP contribution < -0.4 is 5.32 Å². The summed E-state index contributed by atoms with van der Waals surface area (Å²) in [6, 6.07) is 10.2. The summed E-state index contributed by atoms with van der Waals surface area (Å²) >= 11 is 0. The van der Waals surface area contributed by atoms with Gasteiger partial charge in [-0.3, -0.25) is 0 Å². The van der Waals surface area contributed by atoms with Gasteiger partial charge in [0.25, 0.3) is 0 Å². The Morgan fingerprint density at radius 2 is 1.82 bits per heavy atom. The second kappa shape index (κ2) is 4.63. The molecule has 0 fully saturated rings. The summed E-state index contributed by atoms with van der Waals surface area (Å²) < 4.78 is 0. The van der Waals surface area contributed by atoms with E-state index < -0.39 is 0 Å². The first kappa shape index (κ1) is 10.4. The third-order valence-electron chi connectivity index (χ3n) is 3.10. The van der Waals surface area contributed by atoms with Crippen LogP contribution in [0.1, 0.15) is 11.3 Å². The zero-order valence-electron chi connectivity index (χ0n) is 9.69. The van der Waals surface area contributed by atoms with E-state index in [4.69, 9.17) is 4.98 Å². The van der Waals surface area contributed by atoms with E-state index in [1.807, 2.05) is 24.4 Å². The zero-order chi connectivity index (χ0) is 11.5. The first-order chi connectivity index (χ1) is 8.43. The summed E-state index contributed by atoms with van der Waals surface area (Å²) in [5.41, 5.74) is 3.58. The third kappa shape index (κ3) is 2.19. The molecular weight excluding hydrogens is 210 g/mol. The molecule has 0 bridgehead atoms. The van der Waals surface area contributed by atoms with Crippen molar-refractivity contribution in [2.45, 2.75) is 12.8 Å². The molecule has 1 aromatic carbocycles. The number of hydrogen-bond acceptors (Lipinski definition) is 3. The molecule has 1 aromatic heterocycles. The van der Waals surface area contributed by atoms with Crippen molar-refractivity contribution in [1.82, 2.24) is 15.3 Å². The van der Waals surface area contributed by atoms with Crippen molar-refractivity contribution >= 4 is 0 Å². The summed E-state index contributed by atoms with van der Waals surface area (Å²) in [7, 11) is 0. The fourth-order valence-electron chi connectivity index (χ4n) is 2.15. The molecule has 0 amide bonds. The molecule has 1 N–H and O–H groups in total. The molecule has 17 heavy (non-hydrogen) atoms. The van der Waals surface area contributed by atoms with Gasteiger partial charge in [-0.15, -0.1) is 0 Å². The van der Waals surface area contributed by atoms with Crippen LogP contribution in [0.2, 0.25) is 0 Å². The van der Waals surface area contributed by atoms with Crippen LogP contribution >= 0.6 is 0 Å². The smallest absolute Gasteiger partial charge is 0.159 e. The molecule has 1 aliphatic heterocycles. The molecule has 3 nitrogen and oxygen atoms in total. The lowest BCUT2D eigenvalue weighted by atomic mass is 10.1. The van der Waals surface area contributed by atoms with Crippen LogP contribution in [0.3, 0.4) is 0 Å². The summed E-state index contributed by atoms with van der Waals surface area (Å²) in [4.78, 5) is 9.16. The van der Waals surface area contributed by atoms with Gasteiger partial charge in [0.15, 0.2) is 5.82 Å². The summed E-state index contributed by atoms with van der Waals surface area (Å²) in [6.07, 6.45) is 4.01. The topological polar surface area (TPSA) is 37.8 Å². The summed E-state index contributed by atoms with van der Waals surface area (Å²) in [5, 5.41) is 3.39. The Morgan fingerprint density at radius 1 is 1.00 bits per heavy atom. The molecule has 0 aliphatic carbocycles. The Morgan fingerprint density at radius 3 is 2.71 bits per heavy atom. The molecule has 86 valence electrons. The molecule has 0 unspecified atom stereocenters. The van der Waals surface area contributed by atoms with Gasteiger partial charge in [-0.05, 0) is 18.5 Å². The zero-order valence-corrected chi connectivity index (χ0v) is 9.69. The van der Waals surface area contributed by atoms with E-state index in [-0.39, 0.29) is 0 Å². The number of aromatic nitrogens is 2. The van der Waals surface area contributed by atoms with Crippen LogP contribution in [0, 0.1) is 0 Å². The van der Waals surface area contributed by atoms with Gasteiger partial charge in [0.2, 0.25) is 0 Å². The van der Waals surface area contributed by atoms with Crippen molar-refractivity contribution in [2.24, 2.45) is 0 Å². The fraction of sp³-hybridized carbons (Fsp3) is 0.286. The van der Waals surface area contributed by atoms with Crippen molar-refractivity contribution in [3.05, 3.63) is 47.8 Å². The van der Waals surface area contributed by atoms with Gasteiger partial charge in [0.05, 0.1) is 0 Å². The quantitative estimate of drug-likeness (QED) is 0.804. The predicted octanol–water partition coefficient (Wildman–Crippen LogP) is 1.83. The molecule has 0 atom stereocenters. The predicted molar refractivity (Wildman–Crippen MR) is 67.7 cm³/mol. The minimum absolute atomic E-state index is 0.839. The Balaban J connectivity index is 2.00. The van der Waals surface area contributed by atoms with Crippen LogP contribution in [-0.2, 0) is 12.8 Å². The van der Waals surface area contributed by atoms with Crippen molar-refractivity contribution in [2.75, 3.05) is 13.1 Å². The monoisotopic (exact) mass is 225 g/mol. The molecule has 3 rings (SSSR count). The van der Waals surface area contributed by atoms with Crippen LogP contribution in [0.15, 0.2) is 36.5 Å². The van der Waals surface area contributed by atoms with Gasteiger partial charge < -0.3 is 5.32 Å². The highest BCUT2D eigenvalue weighted by Crippen LogP contribution is 2.17. The molecule has 1 aliphatic rings. The number of nitrogens with one attached hydrogen (secondary N) is 1. The first-order valence-corrected chi connectivity index (χ1v) is 6.04. The summed E-state index contributed by atoms with van der Waals surface area (Å²) in [6.45, 7) is 2.04. The third-order valence-corrected chi connectivity index (χ3v) is 3.10. The Labute approximate surface area is 101 Å². The molecule has 2 aromatic rings. The van der Waals surface area contributed by atoms with Crippen molar-refractivity contribution in [1.29, 1.82) is 0 Å². The summed E-state index contributed by atoms with van der Waals surface area (Å²) in [5.74, 6) is 0.839. The van der Waals surface area contributed by atoms with E-state index in [2.05, 4.69) is 22.4 Å². The van der Waals surface area contributed by atoms with E-state index in [0.29, 0.717) is 0 Å². The minimum atomic E-state index is 0.839. The standard InChI is InChI=1S/C14H15N3/c1-2-4-11(5-3-1)14-16-10-12-6-8-15-9-7-13(12)17-14/h1-5,10,15H,6-9H2.